The van der Waals surface area contributed by atoms with Crippen molar-refractivity contribution in [1.82, 2.24) is 25.2 Å². The predicted molar refractivity (Wildman–Crippen MR) is 157 cm³/mol. The van der Waals surface area contributed by atoms with E-state index in [-0.39, 0.29) is 29.6 Å². The number of carbonyl (C=O) groups excluding carboxylic acids is 2. The molecule has 4 rings (SSSR count). The van der Waals surface area contributed by atoms with E-state index < -0.39 is 0 Å². The summed E-state index contributed by atoms with van der Waals surface area (Å²) in [6, 6.07) is 9.86. The Labute approximate surface area is 236 Å². The number of benzene rings is 1. The van der Waals surface area contributed by atoms with E-state index in [0.717, 1.165) is 35.5 Å². The van der Waals surface area contributed by atoms with Crippen molar-refractivity contribution >= 4 is 35.1 Å². The highest BCUT2D eigenvalue weighted by Crippen LogP contribution is 2.29. The first-order valence-electron chi connectivity index (χ1n) is 13.6. The fourth-order valence-corrected chi connectivity index (χ4v) is 4.38. The molecule has 212 valence electrons. The summed E-state index contributed by atoms with van der Waals surface area (Å²) < 4.78 is 5.59. The first kappa shape index (κ1) is 28.8. The van der Waals surface area contributed by atoms with E-state index >= 15 is 0 Å². The van der Waals surface area contributed by atoms with Crippen molar-refractivity contribution < 1.29 is 14.3 Å². The second-order valence-electron chi connectivity index (χ2n) is 11.6. The highest BCUT2D eigenvalue weighted by atomic mass is 16.6. The van der Waals surface area contributed by atoms with E-state index in [9.17, 15) is 9.59 Å². The number of carbonyl (C=O) groups is 2. The Kier molecular flexibility index (Phi) is 8.56. The van der Waals surface area contributed by atoms with Gasteiger partial charge in [-0.3, -0.25) is 9.78 Å². The van der Waals surface area contributed by atoms with Gasteiger partial charge in [0.05, 0.1) is 0 Å². The van der Waals surface area contributed by atoms with E-state index in [1.807, 2.05) is 38.1 Å². The zero-order valence-electron chi connectivity index (χ0n) is 24.3. The molecule has 10 heteroatoms. The van der Waals surface area contributed by atoms with Crippen molar-refractivity contribution in [2.45, 2.75) is 71.4 Å². The van der Waals surface area contributed by atoms with Crippen LogP contribution in [0.3, 0.4) is 0 Å². The van der Waals surface area contributed by atoms with Gasteiger partial charge in [0.2, 0.25) is 5.95 Å². The number of fused-ring (bicyclic) bond motifs is 1. The maximum Gasteiger partial charge on any atom is 0.409 e. The molecule has 2 heterocycles. The second-order valence-corrected chi connectivity index (χ2v) is 11.6. The summed E-state index contributed by atoms with van der Waals surface area (Å²) >= 11 is 0. The Morgan fingerprint density at radius 2 is 1.77 bits per heavy atom. The molecule has 3 N–H and O–H groups in total. The maximum atomic E-state index is 13.0. The number of hydrogen-bond acceptors (Lipinski definition) is 8. The van der Waals surface area contributed by atoms with E-state index in [2.05, 4.69) is 57.7 Å². The number of ether oxygens (including phenoxy) is 1. The quantitative estimate of drug-likeness (QED) is 0.363. The van der Waals surface area contributed by atoms with Gasteiger partial charge in [-0.2, -0.15) is 4.98 Å². The molecule has 0 aliphatic heterocycles. The normalized spacial score (nSPS) is 14.8. The second kappa shape index (κ2) is 11.9. The summed E-state index contributed by atoms with van der Waals surface area (Å²) in [6.45, 7) is 10.1. The topological polar surface area (TPSA) is 121 Å². The van der Waals surface area contributed by atoms with Gasteiger partial charge in [-0.05, 0) is 62.1 Å². The highest BCUT2D eigenvalue weighted by Gasteiger charge is 2.23. The summed E-state index contributed by atoms with van der Waals surface area (Å²) in [7, 11) is 3.37. The van der Waals surface area contributed by atoms with Crippen LogP contribution in [0.2, 0.25) is 0 Å². The van der Waals surface area contributed by atoms with Crippen LogP contribution < -0.4 is 16.0 Å². The molecular formula is C30H39N7O3. The number of anilines is 4. The summed E-state index contributed by atoms with van der Waals surface area (Å²) in [4.78, 5) is 40.0. The Hall–Kier alpha value is -4.21. The van der Waals surface area contributed by atoms with Gasteiger partial charge in [-0.25, -0.2) is 9.78 Å². The van der Waals surface area contributed by atoms with Crippen LogP contribution in [0.4, 0.5) is 27.9 Å². The molecule has 40 heavy (non-hydrogen) atoms. The van der Waals surface area contributed by atoms with E-state index in [4.69, 9.17) is 4.74 Å². The molecule has 0 spiro atoms. The molecule has 1 aliphatic carbocycles. The lowest BCUT2D eigenvalue weighted by atomic mass is 9.89. The Balaban J connectivity index is 1.56. The first-order chi connectivity index (χ1) is 18.9. The zero-order valence-corrected chi connectivity index (χ0v) is 24.3. The van der Waals surface area contributed by atoms with Gasteiger partial charge in [0.15, 0.2) is 0 Å². The number of pyridine rings is 1. The van der Waals surface area contributed by atoms with Crippen LogP contribution >= 0.6 is 0 Å². The van der Waals surface area contributed by atoms with Crippen LogP contribution in [0.5, 0.6) is 0 Å². The lowest BCUT2D eigenvalue weighted by molar-refractivity contribution is 0.0679. The number of aryl methyl sites for hydroxylation is 1. The molecular weight excluding hydrogens is 506 g/mol. The molecule has 1 atom stereocenters. The summed E-state index contributed by atoms with van der Waals surface area (Å²) in [5, 5.41) is 9.51. The average Bonchev–Trinajstić information content (AvgIpc) is 2.88. The minimum absolute atomic E-state index is 0.0342. The number of nitrogens with zero attached hydrogens (tertiary/aromatic N) is 4. The van der Waals surface area contributed by atoms with E-state index in [0.29, 0.717) is 23.8 Å². The Morgan fingerprint density at radius 3 is 2.48 bits per heavy atom. The SMILES string of the molecule is CC(C)NC(=O)c1cnc(Nc2ccc3c(c2)CCC(OC(=O)N(C)C)C3)nc1Nc1ccnc(C(C)(C)C)c1. The van der Waals surface area contributed by atoms with Gasteiger partial charge >= 0.3 is 6.09 Å². The van der Waals surface area contributed by atoms with E-state index in [1.54, 1.807) is 20.3 Å². The molecule has 0 saturated carbocycles. The lowest BCUT2D eigenvalue weighted by Gasteiger charge is -2.26. The van der Waals surface area contributed by atoms with E-state index in [1.165, 1.54) is 16.7 Å². The molecule has 0 fully saturated rings. The van der Waals surface area contributed by atoms with Gasteiger partial charge < -0.3 is 25.6 Å². The van der Waals surface area contributed by atoms with Crippen molar-refractivity contribution in [3.05, 3.63) is 65.1 Å². The third kappa shape index (κ3) is 7.25. The maximum absolute atomic E-state index is 13.0. The molecule has 0 saturated heterocycles. The van der Waals surface area contributed by atoms with Crippen molar-refractivity contribution in [1.29, 1.82) is 0 Å². The molecule has 0 bridgehead atoms. The average molecular weight is 546 g/mol. The summed E-state index contributed by atoms with van der Waals surface area (Å²) in [5.74, 6) is 0.500. The minimum Gasteiger partial charge on any atom is -0.446 e. The number of amides is 2. The first-order valence-corrected chi connectivity index (χ1v) is 13.6. The fraction of sp³-hybridized carbons (Fsp3) is 0.433. The zero-order chi connectivity index (χ0) is 29.0. The van der Waals surface area contributed by atoms with Crippen molar-refractivity contribution in [2.24, 2.45) is 0 Å². The van der Waals surface area contributed by atoms with Gasteiger partial charge in [-0.1, -0.05) is 26.8 Å². The van der Waals surface area contributed by atoms with Gasteiger partial charge in [0.1, 0.15) is 17.5 Å². The predicted octanol–water partition coefficient (Wildman–Crippen LogP) is 5.35. The molecule has 2 amide bonds. The van der Waals surface area contributed by atoms with Crippen LogP contribution in [-0.4, -0.2) is 58.1 Å². The largest absolute Gasteiger partial charge is 0.446 e. The van der Waals surface area contributed by atoms with Crippen LogP contribution in [-0.2, 0) is 23.0 Å². The number of rotatable bonds is 7. The standard InChI is InChI=1S/C30H39N7O3/c1-18(2)33-27(38)24-17-32-28(36-26(24)34-22-12-13-31-25(16-22)30(3,4)5)35-21-10-8-20-15-23(11-9-19(20)14-21)40-29(39)37(6)7/h8,10,12-14,16-18,23H,9,11,15H2,1-7H3,(H,33,38)(H2,31,32,34,35,36). The molecule has 3 aromatic rings. The summed E-state index contributed by atoms with van der Waals surface area (Å²) in [6.07, 6.45) is 5.08. The molecule has 0 radical (unpaired) electrons. The Bertz CT molecular complexity index is 1380. The van der Waals surface area contributed by atoms with Crippen molar-refractivity contribution in [3.8, 4) is 0 Å². The van der Waals surface area contributed by atoms with Gasteiger partial charge in [-0.15, -0.1) is 0 Å². The fourth-order valence-electron chi connectivity index (χ4n) is 4.38. The van der Waals surface area contributed by atoms with Crippen LogP contribution in [0.25, 0.3) is 0 Å². The molecule has 10 nitrogen and oxygen atoms in total. The molecule has 1 aromatic carbocycles. The molecule has 1 aliphatic rings. The smallest absolute Gasteiger partial charge is 0.409 e. The number of aromatic nitrogens is 3. The lowest BCUT2D eigenvalue weighted by Crippen LogP contribution is -2.31. The molecule has 2 aromatic heterocycles. The van der Waals surface area contributed by atoms with Crippen LogP contribution in [0.1, 0.15) is 68.2 Å². The van der Waals surface area contributed by atoms with Gasteiger partial charge in [0.25, 0.3) is 5.91 Å². The summed E-state index contributed by atoms with van der Waals surface area (Å²) in [5.41, 5.74) is 5.11. The minimum atomic E-state index is -0.319. The third-order valence-corrected chi connectivity index (χ3v) is 6.52. The highest BCUT2D eigenvalue weighted by molar-refractivity contribution is 5.99. The Morgan fingerprint density at radius 1 is 1.02 bits per heavy atom. The van der Waals surface area contributed by atoms with Crippen LogP contribution in [0, 0.1) is 0 Å². The third-order valence-electron chi connectivity index (χ3n) is 6.52. The van der Waals surface area contributed by atoms with Crippen LogP contribution in [0.15, 0.2) is 42.7 Å². The van der Waals surface area contributed by atoms with Crippen molar-refractivity contribution in [2.75, 3.05) is 24.7 Å². The number of hydrogen-bond donors (Lipinski definition) is 3. The van der Waals surface area contributed by atoms with Gasteiger partial charge in [0, 0.05) is 61.4 Å². The monoisotopic (exact) mass is 545 g/mol. The molecule has 1 unspecified atom stereocenters. The number of nitrogens with one attached hydrogen (secondary N) is 3. The van der Waals surface area contributed by atoms with Crippen molar-refractivity contribution in [3.63, 3.8) is 0 Å².